The van der Waals surface area contributed by atoms with Crippen molar-refractivity contribution in [1.29, 1.82) is 0 Å². The zero-order chi connectivity index (χ0) is 22.8. The van der Waals surface area contributed by atoms with Crippen LogP contribution in [-0.2, 0) is 25.7 Å². The molecule has 31 heavy (non-hydrogen) atoms. The summed E-state index contributed by atoms with van der Waals surface area (Å²) in [5.74, 6) is 0. The van der Waals surface area contributed by atoms with Crippen LogP contribution in [0.3, 0.4) is 0 Å². The largest absolute Gasteiger partial charge is 0.441 e. The first-order valence-corrected chi connectivity index (χ1v) is 10.6. The number of hydrogen-bond donors (Lipinski definition) is 2. The lowest BCUT2D eigenvalue weighted by Gasteiger charge is -2.44. The van der Waals surface area contributed by atoms with Crippen LogP contribution in [0.25, 0.3) is 0 Å². The first-order valence-electron chi connectivity index (χ1n) is 9.05. The molecule has 1 aromatic rings. The molecule has 3 heterocycles. The highest BCUT2D eigenvalue weighted by Crippen LogP contribution is 2.48. The van der Waals surface area contributed by atoms with Crippen LogP contribution in [0.1, 0.15) is 18.9 Å². The molecule has 1 spiro atoms. The van der Waals surface area contributed by atoms with Crippen molar-refractivity contribution in [3.8, 4) is 0 Å². The predicted octanol–water partition coefficient (Wildman–Crippen LogP) is 2.32. The average molecular weight is 463 g/mol. The van der Waals surface area contributed by atoms with Crippen LogP contribution in [0.5, 0.6) is 0 Å². The molecule has 3 aliphatic heterocycles. The minimum absolute atomic E-state index is 0.171. The van der Waals surface area contributed by atoms with Gasteiger partial charge in [-0.2, -0.15) is 13.2 Å². The monoisotopic (exact) mass is 463 g/mol. The van der Waals surface area contributed by atoms with Gasteiger partial charge in [0.05, 0.1) is 22.6 Å². The molecule has 0 saturated carbocycles. The number of fused-ring (bicyclic) bond motifs is 1. The van der Waals surface area contributed by atoms with E-state index in [2.05, 4.69) is 10.0 Å². The second-order valence-corrected chi connectivity index (χ2v) is 9.38. The van der Waals surface area contributed by atoms with Crippen molar-refractivity contribution in [2.75, 3.05) is 5.32 Å². The van der Waals surface area contributed by atoms with Crippen molar-refractivity contribution in [2.24, 2.45) is 0 Å². The fourth-order valence-corrected chi connectivity index (χ4v) is 6.23. The Bertz CT molecular complexity index is 1090. The third-order valence-electron chi connectivity index (χ3n) is 5.49. The Kier molecular flexibility index (Phi) is 4.79. The van der Waals surface area contributed by atoms with Crippen molar-refractivity contribution in [2.45, 2.75) is 48.6 Å². The van der Waals surface area contributed by atoms with Crippen molar-refractivity contribution >= 4 is 27.5 Å². The number of carbonyl (C=O) groups excluding carboxylic acids is 1. The van der Waals surface area contributed by atoms with E-state index in [-0.39, 0.29) is 6.42 Å². The molecule has 10 nitrogen and oxygen atoms in total. The van der Waals surface area contributed by atoms with E-state index in [0.717, 1.165) is 6.07 Å². The number of carbonyl (C=O) groups is 1. The Labute approximate surface area is 173 Å². The van der Waals surface area contributed by atoms with Gasteiger partial charge in [-0.1, -0.05) is 6.08 Å². The molecule has 2 saturated heterocycles. The lowest BCUT2D eigenvalue weighted by Crippen LogP contribution is -2.67. The van der Waals surface area contributed by atoms with Gasteiger partial charge in [0.25, 0.3) is 5.69 Å². The maximum absolute atomic E-state index is 12.8. The molecule has 14 heteroatoms. The van der Waals surface area contributed by atoms with Gasteiger partial charge in [0, 0.05) is 6.07 Å². The zero-order valence-electron chi connectivity index (χ0n) is 15.8. The van der Waals surface area contributed by atoms with Crippen LogP contribution in [0.15, 0.2) is 30.4 Å². The fourth-order valence-electron chi connectivity index (χ4n) is 4.23. The SMILES string of the molecule is C[C@@H]1NS(=O)(=O)[C@H]2C[C@H]3C=C[C@]2(O3)[C@H]1OC(=O)Nc1ccc(C(F)(F)F)cc1[N+](=O)[O-]. The van der Waals surface area contributed by atoms with E-state index in [1.54, 1.807) is 6.08 Å². The van der Waals surface area contributed by atoms with E-state index in [1.165, 1.54) is 13.0 Å². The molecule has 2 N–H and O–H groups in total. The highest BCUT2D eigenvalue weighted by Gasteiger charge is 2.65. The Morgan fingerprint density at radius 1 is 1.42 bits per heavy atom. The van der Waals surface area contributed by atoms with E-state index in [0.29, 0.717) is 12.1 Å². The van der Waals surface area contributed by atoms with Crippen LogP contribution in [0, 0.1) is 10.1 Å². The van der Waals surface area contributed by atoms with Crippen LogP contribution in [0.4, 0.5) is 29.3 Å². The van der Waals surface area contributed by atoms with E-state index >= 15 is 0 Å². The van der Waals surface area contributed by atoms with Gasteiger partial charge in [-0.3, -0.25) is 15.4 Å². The minimum Gasteiger partial charge on any atom is -0.441 e. The first kappa shape index (κ1) is 21.5. The number of nitrogens with one attached hydrogen (secondary N) is 2. The number of rotatable bonds is 3. The van der Waals surface area contributed by atoms with Crippen LogP contribution in [-0.4, -0.2) is 48.5 Å². The summed E-state index contributed by atoms with van der Waals surface area (Å²) in [6.07, 6.45) is -4.22. The molecule has 2 bridgehead atoms. The number of ether oxygens (including phenoxy) is 2. The number of alkyl halides is 3. The van der Waals surface area contributed by atoms with Gasteiger partial charge in [-0.15, -0.1) is 0 Å². The fraction of sp³-hybridized carbons (Fsp3) is 0.471. The van der Waals surface area contributed by atoms with Crippen LogP contribution in [0.2, 0.25) is 0 Å². The summed E-state index contributed by atoms with van der Waals surface area (Å²) in [6, 6.07) is 0.732. The molecule has 1 amide bonds. The predicted molar refractivity (Wildman–Crippen MR) is 98.7 cm³/mol. The summed E-state index contributed by atoms with van der Waals surface area (Å²) >= 11 is 0. The molecule has 0 aliphatic carbocycles. The average Bonchev–Trinajstić information content (AvgIpc) is 3.24. The molecular formula is C17H16F3N3O7S. The molecular weight excluding hydrogens is 447 g/mol. The van der Waals surface area contributed by atoms with Gasteiger partial charge >= 0.3 is 12.3 Å². The standard InChI is InChI=1S/C17H16F3N3O7S/c1-8-14(16-5-4-10(30-16)7-13(16)31(27,28)22-8)29-15(24)21-11-3-2-9(17(18,19)20)6-12(11)23(25)26/h2-6,8,10,13-14,22H,7H2,1H3,(H,21,24)/t8-,10+,13-,14-,16+/m0/s1. The maximum Gasteiger partial charge on any atom is 0.416 e. The number of halogens is 3. The molecule has 3 aliphatic rings. The summed E-state index contributed by atoms with van der Waals surface area (Å²) in [5.41, 5.74) is -4.15. The Balaban J connectivity index is 1.58. The zero-order valence-corrected chi connectivity index (χ0v) is 16.6. The van der Waals surface area contributed by atoms with E-state index in [9.17, 15) is 36.5 Å². The number of benzene rings is 1. The number of nitrogens with zero attached hydrogens (tertiary/aromatic N) is 1. The summed E-state index contributed by atoms with van der Waals surface area (Å²) < 4.78 is 77.0. The van der Waals surface area contributed by atoms with Crippen molar-refractivity contribution in [3.05, 3.63) is 46.0 Å². The molecule has 0 unspecified atom stereocenters. The number of amides is 1. The molecule has 5 atom stereocenters. The summed E-state index contributed by atoms with van der Waals surface area (Å²) in [7, 11) is -3.75. The molecule has 1 aromatic carbocycles. The second kappa shape index (κ2) is 6.90. The van der Waals surface area contributed by atoms with Crippen LogP contribution < -0.4 is 10.0 Å². The smallest absolute Gasteiger partial charge is 0.416 e. The van der Waals surface area contributed by atoms with Crippen molar-refractivity contribution < 1.29 is 40.8 Å². The Hall–Kier alpha value is -2.71. The topological polar surface area (TPSA) is 137 Å². The maximum atomic E-state index is 12.8. The van der Waals surface area contributed by atoms with Gasteiger partial charge < -0.3 is 9.47 Å². The normalized spacial score (nSPS) is 33.0. The van der Waals surface area contributed by atoms with Gasteiger partial charge in [0.15, 0.2) is 6.10 Å². The van der Waals surface area contributed by atoms with Gasteiger partial charge in [-0.25, -0.2) is 17.9 Å². The number of sulfonamides is 1. The Morgan fingerprint density at radius 3 is 2.74 bits per heavy atom. The number of hydrogen-bond acceptors (Lipinski definition) is 7. The molecule has 0 radical (unpaired) electrons. The van der Waals surface area contributed by atoms with Crippen molar-refractivity contribution in [3.63, 3.8) is 0 Å². The third kappa shape index (κ3) is 3.53. The summed E-state index contributed by atoms with van der Waals surface area (Å²) in [6.45, 7) is 1.46. The lowest BCUT2D eigenvalue weighted by atomic mass is 9.85. The van der Waals surface area contributed by atoms with E-state index < -0.39 is 73.3 Å². The highest BCUT2D eigenvalue weighted by molar-refractivity contribution is 7.90. The summed E-state index contributed by atoms with van der Waals surface area (Å²) in [4.78, 5) is 22.6. The summed E-state index contributed by atoms with van der Waals surface area (Å²) in [5, 5.41) is 12.3. The minimum atomic E-state index is -4.81. The third-order valence-corrected chi connectivity index (χ3v) is 7.50. The quantitative estimate of drug-likeness (QED) is 0.399. The first-order chi connectivity index (χ1) is 14.3. The highest BCUT2D eigenvalue weighted by atomic mass is 32.2. The van der Waals surface area contributed by atoms with Crippen LogP contribution >= 0.6 is 0 Å². The van der Waals surface area contributed by atoms with E-state index in [1.807, 2.05) is 0 Å². The molecule has 0 aromatic heterocycles. The Morgan fingerprint density at radius 2 is 2.13 bits per heavy atom. The van der Waals surface area contributed by atoms with Gasteiger partial charge in [0.1, 0.15) is 16.5 Å². The molecule has 2 fully saturated rings. The molecule has 168 valence electrons. The van der Waals surface area contributed by atoms with Crippen molar-refractivity contribution in [1.82, 2.24) is 4.72 Å². The van der Waals surface area contributed by atoms with Gasteiger partial charge in [0.2, 0.25) is 10.0 Å². The number of nitro benzene ring substituents is 1. The number of anilines is 1. The lowest BCUT2D eigenvalue weighted by molar-refractivity contribution is -0.384. The second-order valence-electron chi connectivity index (χ2n) is 7.48. The molecule has 4 rings (SSSR count). The number of nitro groups is 1. The van der Waals surface area contributed by atoms with Gasteiger partial charge in [-0.05, 0) is 31.6 Å². The van der Waals surface area contributed by atoms with E-state index in [4.69, 9.17) is 9.47 Å².